The van der Waals surface area contributed by atoms with Crippen LogP contribution in [-0.2, 0) is 0 Å². The number of hydrogen-bond donors (Lipinski definition) is 2. The van der Waals surface area contributed by atoms with E-state index in [1.54, 1.807) is 0 Å². The molecule has 1 aliphatic heterocycles. The molecule has 26 heavy (non-hydrogen) atoms. The predicted molar refractivity (Wildman–Crippen MR) is 99.3 cm³/mol. The van der Waals surface area contributed by atoms with Crippen LogP contribution in [0.3, 0.4) is 0 Å². The molecule has 0 unspecified atom stereocenters. The van der Waals surface area contributed by atoms with Gasteiger partial charge in [-0.15, -0.1) is 0 Å². The van der Waals surface area contributed by atoms with Crippen LogP contribution in [0.5, 0.6) is 0 Å². The third kappa shape index (κ3) is 5.88. The second-order valence-electron chi connectivity index (χ2n) is 7.95. The number of rotatable bonds is 5. The number of likely N-dealkylation sites (tertiary alicyclic amines) is 1. The summed E-state index contributed by atoms with van der Waals surface area (Å²) < 4.78 is 37.4. The van der Waals surface area contributed by atoms with E-state index in [4.69, 9.17) is 5.73 Å². The fraction of sp³-hybridized carbons (Fsp3) is 0.700. The summed E-state index contributed by atoms with van der Waals surface area (Å²) in [5.41, 5.74) is 8.32. The average Bonchev–Trinajstić information content (AvgIpc) is 2.61. The molecule has 1 aromatic carbocycles. The largest absolute Gasteiger partial charge is 0.401 e. The van der Waals surface area contributed by atoms with Gasteiger partial charge in [0.05, 0.1) is 6.54 Å². The van der Waals surface area contributed by atoms with Gasteiger partial charge in [0.1, 0.15) is 0 Å². The number of nitrogens with one attached hydrogen (secondary N) is 1. The Labute approximate surface area is 154 Å². The Bertz CT molecular complexity index is 542. The number of piperidine rings is 1. The highest BCUT2D eigenvalue weighted by molar-refractivity contribution is 5.45. The molecule has 0 radical (unpaired) electrons. The molecule has 1 heterocycles. The van der Waals surface area contributed by atoms with Crippen molar-refractivity contribution in [2.75, 3.05) is 31.5 Å². The summed E-state index contributed by atoms with van der Waals surface area (Å²) in [4.78, 5) is 1.52. The first-order chi connectivity index (χ1) is 12.4. The SMILES string of the molecule is NC1CCC(CNc2ccc(C3CCN(CC(F)(F)F)CC3)cc2)CC1. The summed E-state index contributed by atoms with van der Waals surface area (Å²) in [5, 5.41) is 3.52. The number of alkyl halides is 3. The van der Waals surface area contributed by atoms with Crippen molar-refractivity contribution >= 4 is 5.69 Å². The summed E-state index contributed by atoms with van der Waals surface area (Å²) in [6.45, 7) is 1.25. The molecule has 0 aromatic heterocycles. The number of hydrogen-bond acceptors (Lipinski definition) is 3. The Balaban J connectivity index is 1.43. The molecule has 146 valence electrons. The zero-order valence-electron chi connectivity index (χ0n) is 15.3. The van der Waals surface area contributed by atoms with Crippen molar-refractivity contribution in [3.63, 3.8) is 0 Å². The molecule has 0 atom stereocenters. The maximum Gasteiger partial charge on any atom is 0.401 e. The molecule has 3 nitrogen and oxygen atoms in total. The Morgan fingerprint density at radius 3 is 2.15 bits per heavy atom. The minimum atomic E-state index is -4.09. The maximum atomic E-state index is 12.5. The van der Waals surface area contributed by atoms with Gasteiger partial charge in [-0.1, -0.05) is 12.1 Å². The molecular weight excluding hydrogens is 339 g/mol. The topological polar surface area (TPSA) is 41.3 Å². The molecule has 1 aromatic rings. The van der Waals surface area contributed by atoms with Crippen LogP contribution in [0.1, 0.15) is 50.0 Å². The average molecular weight is 369 g/mol. The van der Waals surface area contributed by atoms with Crippen LogP contribution >= 0.6 is 0 Å². The molecule has 1 aliphatic carbocycles. The van der Waals surface area contributed by atoms with Gasteiger partial charge in [0.25, 0.3) is 0 Å². The van der Waals surface area contributed by atoms with Crippen molar-refractivity contribution in [3.8, 4) is 0 Å². The minimum Gasteiger partial charge on any atom is -0.385 e. The van der Waals surface area contributed by atoms with Gasteiger partial charge >= 0.3 is 6.18 Å². The first kappa shape index (κ1) is 19.5. The fourth-order valence-corrected chi connectivity index (χ4v) is 4.21. The lowest BCUT2D eigenvalue weighted by molar-refractivity contribution is -0.147. The zero-order chi connectivity index (χ0) is 18.6. The van der Waals surface area contributed by atoms with Crippen LogP contribution in [0.4, 0.5) is 18.9 Å². The summed E-state index contributed by atoms with van der Waals surface area (Å²) in [5.74, 6) is 1.07. The van der Waals surface area contributed by atoms with E-state index in [9.17, 15) is 13.2 Å². The summed E-state index contributed by atoms with van der Waals surface area (Å²) in [6, 6.07) is 8.85. The zero-order valence-corrected chi connectivity index (χ0v) is 15.3. The molecule has 2 fully saturated rings. The predicted octanol–water partition coefficient (Wildman–Crippen LogP) is 4.36. The summed E-state index contributed by atoms with van der Waals surface area (Å²) in [6.07, 6.45) is 2.14. The molecule has 0 spiro atoms. The standard InChI is InChI=1S/C20H30F3N3/c21-20(22,23)14-26-11-9-17(10-12-26)16-3-7-19(8-4-16)25-13-15-1-5-18(24)6-2-15/h3-4,7-8,15,17-18,25H,1-2,5-6,9-14,24H2. The van der Waals surface area contributed by atoms with Crippen molar-refractivity contribution in [1.29, 1.82) is 0 Å². The highest BCUT2D eigenvalue weighted by atomic mass is 19.4. The van der Waals surface area contributed by atoms with Gasteiger partial charge in [-0.2, -0.15) is 13.2 Å². The van der Waals surface area contributed by atoms with E-state index in [-0.39, 0.29) is 0 Å². The highest BCUT2D eigenvalue weighted by Crippen LogP contribution is 2.30. The smallest absolute Gasteiger partial charge is 0.385 e. The van der Waals surface area contributed by atoms with E-state index in [0.717, 1.165) is 37.9 Å². The Morgan fingerprint density at radius 2 is 1.58 bits per heavy atom. The van der Waals surface area contributed by atoms with Crippen molar-refractivity contribution in [3.05, 3.63) is 29.8 Å². The van der Waals surface area contributed by atoms with E-state index < -0.39 is 12.7 Å². The lowest BCUT2D eigenvalue weighted by Gasteiger charge is -2.32. The monoisotopic (exact) mass is 369 g/mol. The maximum absolute atomic E-state index is 12.5. The number of nitrogens with two attached hydrogens (primary N) is 1. The molecule has 6 heteroatoms. The van der Waals surface area contributed by atoms with E-state index in [2.05, 4.69) is 29.6 Å². The quantitative estimate of drug-likeness (QED) is 0.810. The first-order valence-corrected chi connectivity index (χ1v) is 9.77. The molecule has 3 rings (SSSR count). The summed E-state index contributed by atoms with van der Waals surface area (Å²) in [7, 11) is 0. The molecule has 0 amide bonds. The molecule has 0 bridgehead atoms. The van der Waals surface area contributed by atoms with Gasteiger partial charge in [-0.3, -0.25) is 4.90 Å². The number of benzene rings is 1. The van der Waals surface area contributed by atoms with Crippen LogP contribution in [0.15, 0.2) is 24.3 Å². The lowest BCUT2D eigenvalue weighted by Crippen LogP contribution is -2.39. The Hall–Kier alpha value is -1.27. The number of halogens is 3. The van der Waals surface area contributed by atoms with Gasteiger partial charge in [-0.05, 0) is 81.1 Å². The second kappa shape index (κ2) is 8.61. The van der Waals surface area contributed by atoms with Gasteiger partial charge in [-0.25, -0.2) is 0 Å². The highest BCUT2D eigenvalue weighted by Gasteiger charge is 2.32. The number of nitrogens with zero attached hydrogens (tertiary/aromatic N) is 1. The summed E-state index contributed by atoms with van der Waals surface area (Å²) >= 11 is 0. The van der Waals surface area contributed by atoms with Gasteiger partial charge in [0.15, 0.2) is 0 Å². The Kier molecular flexibility index (Phi) is 6.46. The minimum absolute atomic E-state index is 0.369. The van der Waals surface area contributed by atoms with Crippen LogP contribution < -0.4 is 11.1 Å². The normalized spacial score (nSPS) is 26.0. The van der Waals surface area contributed by atoms with E-state index >= 15 is 0 Å². The third-order valence-corrected chi connectivity index (χ3v) is 5.86. The van der Waals surface area contributed by atoms with Gasteiger partial charge < -0.3 is 11.1 Å². The van der Waals surface area contributed by atoms with Gasteiger partial charge in [0, 0.05) is 18.3 Å². The molecule has 1 saturated heterocycles. The van der Waals surface area contributed by atoms with E-state index in [1.807, 2.05) is 0 Å². The molecule has 2 aliphatic rings. The van der Waals surface area contributed by atoms with Crippen LogP contribution in [0.2, 0.25) is 0 Å². The van der Waals surface area contributed by atoms with Gasteiger partial charge in [0.2, 0.25) is 0 Å². The van der Waals surface area contributed by atoms with Crippen LogP contribution in [-0.4, -0.2) is 43.3 Å². The van der Waals surface area contributed by atoms with Crippen molar-refractivity contribution < 1.29 is 13.2 Å². The molecule has 3 N–H and O–H groups in total. The molecular formula is C20H30F3N3. The van der Waals surface area contributed by atoms with Crippen molar-refractivity contribution in [2.24, 2.45) is 11.7 Å². The molecule has 1 saturated carbocycles. The fourth-order valence-electron chi connectivity index (χ4n) is 4.21. The first-order valence-electron chi connectivity index (χ1n) is 9.77. The van der Waals surface area contributed by atoms with Crippen LogP contribution in [0, 0.1) is 5.92 Å². The lowest BCUT2D eigenvalue weighted by atomic mass is 9.86. The van der Waals surface area contributed by atoms with E-state index in [1.165, 1.54) is 23.3 Å². The Morgan fingerprint density at radius 1 is 0.962 bits per heavy atom. The van der Waals surface area contributed by atoms with E-state index in [0.29, 0.717) is 31.0 Å². The van der Waals surface area contributed by atoms with Crippen molar-refractivity contribution in [1.82, 2.24) is 4.90 Å². The third-order valence-electron chi connectivity index (χ3n) is 5.86. The second-order valence-corrected chi connectivity index (χ2v) is 7.95. The number of anilines is 1. The van der Waals surface area contributed by atoms with Crippen molar-refractivity contribution in [2.45, 2.75) is 56.7 Å². The van der Waals surface area contributed by atoms with Crippen LogP contribution in [0.25, 0.3) is 0 Å².